The first-order chi connectivity index (χ1) is 12.2. The summed E-state index contributed by atoms with van der Waals surface area (Å²) in [4.78, 5) is 16.3. The van der Waals surface area contributed by atoms with Gasteiger partial charge in [-0.1, -0.05) is 30.3 Å². The van der Waals surface area contributed by atoms with Crippen molar-refractivity contribution in [2.24, 2.45) is 10.7 Å². The number of amides is 1. The summed E-state index contributed by atoms with van der Waals surface area (Å²) in [6.07, 6.45) is 0.866. The van der Waals surface area contributed by atoms with E-state index in [4.69, 9.17) is 10.5 Å². The van der Waals surface area contributed by atoms with E-state index in [1.807, 2.05) is 42.5 Å². The van der Waals surface area contributed by atoms with Gasteiger partial charge in [-0.3, -0.25) is 4.79 Å². The zero-order chi connectivity index (χ0) is 17.6. The van der Waals surface area contributed by atoms with Crippen LogP contribution in [0.4, 0.5) is 5.69 Å². The summed E-state index contributed by atoms with van der Waals surface area (Å²) < 4.78 is 5.18. The van der Waals surface area contributed by atoms with Gasteiger partial charge < -0.3 is 21.1 Å². The van der Waals surface area contributed by atoms with Crippen LogP contribution in [0.1, 0.15) is 27.0 Å². The zero-order valence-corrected chi connectivity index (χ0v) is 14.2. The smallest absolute Gasteiger partial charge is 0.251 e. The third kappa shape index (κ3) is 4.16. The Hall–Kier alpha value is -2.86. The second-order valence-electron chi connectivity index (χ2n) is 5.91. The van der Waals surface area contributed by atoms with E-state index in [0.29, 0.717) is 25.7 Å². The molecule has 0 radical (unpaired) electrons. The van der Waals surface area contributed by atoms with Crippen molar-refractivity contribution in [2.75, 3.05) is 19.0 Å². The summed E-state index contributed by atoms with van der Waals surface area (Å²) in [7, 11) is 1.65. The normalized spacial score (nSPS) is 14.0. The van der Waals surface area contributed by atoms with Gasteiger partial charge in [0.1, 0.15) is 0 Å². The molecule has 6 heteroatoms. The first-order valence-electron chi connectivity index (χ1n) is 8.21. The zero-order valence-electron chi connectivity index (χ0n) is 14.2. The van der Waals surface area contributed by atoms with Gasteiger partial charge >= 0.3 is 0 Å². The van der Waals surface area contributed by atoms with E-state index in [0.717, 1.165) is 34.4 Å². The lowest BCUT2D eigenvalue weighted by Gasteiger charge is -2.16. The van der Waals surface area contributed by atoms with Crippen LogP contribution < -0.4 is 16.4 Å². The number of carbonyl (C=O) groups excluding carboxylic acids is 1. The number of anilines is 1. The molecule has 2 aromatic rings. The molecule has 1 aliphatic heterocycles. The number of fused-ring (bicyclic) bond motifs is 1. The average molecular weight is 338 g/mol. The van der Waals surface area contributed by atoms with Crippen molar-refractivity contribution in [3.63, 3.8) is 0 Å². The molecule has 0 saturated carbocycles. The van der Waals surface area contributed by atoms with Gasteiger partial charge in [0.25, 0.3) is 5.91 Å². The molecule has 6 nitrogen and oxygen atoms in total. The topological polar surface area (TPSA) is 88.7 Å². The summed E-state index contributed by atoms with van der Waals surface area (Å²) >= 11 is 0. The van der Waals surface area contributed by atoms with Crippen molar-refractivity contribution in [2.45, 2.75) is 19.6 Å². The Labute approximate surface area is 147 Å². The molecule has 0 aromatic heterocycles. The predicted octanol–water partition coefficient (Wildman–Crippen LogP) is 2.05. The Balaban J connectivity index is 1.70. The monoisotopic (exact) mass is 338 g/mol. The highest BCUT2D eigenvalue weighted by molar-refractivity contribution is 5.97. The summed E-state index contributed by atoms with van der Waals surface area (Å²) in [6.45, 7) is 1.60. The number of rotatable bonds is 5. The quantitative estimate of drug-likeness (QED) is 0.575. The highest BCUT2D eigenvalue weighted by Gasteiger charge is 2.16. The van der Waals surface area contributed by atoms with Crippen molar-refractivity contribution in [3.05, 3.63) is 64.7 Å². The van der Waals surface area contributed by atoms with E-state index < -0.39 is 0 Å². The Morgan fingerprint density at radius 2 is 2.16 bits per heavy atom. The summed E-state index contributed by atoms with van der Waals surface area (Å²) in [5, 5.41) is 5.96. The SMILES string of the molecule is COCc1ccccc1NC(N)=NCc1ccc2c(c1)C(=O)NCC2. The Morgan fingerprint density at radius 3 is 3.00 bits per heavy atom. The fraction of sp³-hybridized carbons (Fsp3) is 0.263. The van der Waals surface area contributed by atoms with Crippen LogP contribution in [0.3, 0.4) is 0 Å². The molecule has 4 N–H and O–H groups in total. The van der Waals surface area contributed by atoms with Crippen LogP contribution in [0.25, 0.3) is 0 Å². The summed E-state index contributed by atoms with van der Waals surface area (Å²) in [5.74, 6) is 0.303. The van der Waals surface area contributed by atoms with E-state index in [-0.39, 0.29) is 5.91 Å². The number of ether oxygens (including phenoxy) is 1. The molecule has 1 aliphatic rings. The molecule has 1 heterocycles. The molecule has 0 bridgehead atoms. The first kappa shape index (κ1) is 17.0. The van der Waals surface area contributed by atoms with Gasteiger partial charge in [0.15, 0.2) is 5.96 Å². The fourth-order valence-corrected chi connectivity index (χ4v) is 2.83. The average Bonchev–Trinajstić information content (AvgIpc) is 2.62. The Morgan fingerprint density at radius 1 is 1.32 bits per heavy atom. The molecule has 0 fully saturated rings. The maximum Gasteiger partial charge on any atom is 0.251 e. The van der Waals surface area contributed by atoms with Crippen LogP contribution in [0.2, 0.25) is 0 Å². The molecule has 0 atom stereocenters. The summed E-state index contributed by atoms with van der Waals surface area (Å²) in [6, 6.07) is 13.7. The van der Waals surface area contributed by atoms with Gasteiger partial charge in [0.2, 0.25) is 0 Å². The number of nitrogens with two attached hydrogens (primary N) is 1. The Kier molecular flexibility index (Phi) is 5.30. The molecule has 3 rings (SSSR count). The number of hydrogen-bond donors (Lipinski definition) is 3. The molecule has 1 amide bonds. The number of aliphatic imine (C=N–C) groups is 1. The van der Waals surface area contributed by atoms with Crippen molar-refractivity contribution < 1.29 is 9.53 Å². The van der Waals surface area contributed by atoms with Gasteiger partial charge in [-0.2, -0.15) is 0 Å². The minimum atomic E-state index is -0.0216. The van der Waals surface area contributed by atoms with Crippen LogP contribution in [0.5, 0.6) is 0 Å². The third-order valence-electron chi connectivity index (χ3n) is 4.11. The van der Waals surface area contributed by atoms with Gasteiger partial charge in [-0.05, 0) is 29.7 Å². The highest BCUT2D eigenvalue weighted by Crippen LogP contribution is 2.17. The standard InChI is InChI=1S/C19H22N4O2/c1-25-12-15-4-2-3-5-17(15)23-19(20)22-11-13-6-7-14-8-9-21-18(24)16(14)10-13/h2-7,10H,8-9,11-12H2,1H3,(H,21,24)(H3,20,22,23). The molecular formula is C19H22N4O2. The van der Waals surface area contributed by atoms with Crippen LogP contribution in [-0.2, 0) is 24.3 Å². The second kappa shape index (κ2) is 7.81. The van der Waals surface area contributed by atoms with Gasteiger partial charge in [-0.15, -0.1) is 0 Å². The molecule has 25 heavy (non-hydrogen) atoms. The lowest BCUT2D eigenvalue weighted by atomic mass is 9.98. The number of methoxy groups -OCH3 is 1. The maximum atomic E-state index is 11.9. The van der Waals surface area contributed by atoms with E-state index in [2.05, 4.69) is 15.6 Å². The maximum absolute atomic E-state index is 11.9. The second-order valence-corrected chi connectivity index (χ2v) is 5.91. The lowest BCUT2D eigenvalue weighted by Crippen LogP contribution is -2.31. The number of nitrogens with zero attached hydrogens (tertiary/aromatic N) is 1. The van der Waals surface area contributed by atoms with Gasteiger partial charge in [-0.25, -0.2) is 4.99 Å². The van der Waals surface area contributed by atoms with Gasteiger partial charge in [0.05, 0.1) is 13.2 Å². The number of hydrogen-bond acceptors (Lipinski definition) is 3. The van der Waals surface area contributed by atoms with E-state index in [1.54, 1.807) is 7.11 Å². The Bertz CT molecular complexity index is 802. The number of carbonyl (C=O) groups is 1. The van der Waals surface area contributed by atoms with Crippen LogP contribution >= 0.6 is 0 Å². The van der Waals surface area contributed by atoms with Crippen molar-refractivity contribution in [3.8, 4) is 0 Å². The molecule has 0 spiro atoms. The molecule has 2 aromatic carbocycles. The molecule has 0 saturated heterocycles. The molecular weight excluding hydrogens is 316 g/mol. The first-order valence-corrected chi connectivity index (χ1v) is 8.21. The van der Waals surface area contributed by atoms with Crippen molar-refractivity contribution in [1.29, 1.82) is 0 Å². The molecule has 130 valence electrons. The van der Waals surface area contributed by atoms with Crippen LogP contribution in [0.15, 0.2) is 47.5 Å². The largest absolute Gasteiger partial charge is 0.380 e. The molecule has 0 unspecified atom stereocenters. The van der Waals surface area contributed by atoms with E-state index in [9.17, 15) is 4.79 Å². The van der Waals surface area contributed by atoms with Crippen molar-refractivity contribution >= 4 is 17.6 Å². The van der Waals surface area contributed by atoms with Crippen LogP contribution in [0, 0.1) is 0 Å². The summed E-state index contributed by atoms with van der Waals surface area (Å²) in [5.41, 5.74) is 10.6. The highest BCUT2D eigenvalue weighted by atomic mass is 16.5. The molecule has 0 aliphatic carbocycles. The van der Waals surface area contributed by atoms with E-state index in [1.165, 1.54) is 0 Å². The third-order valence-corrected chi connectivity index (χ3v) is 4.11. The van der Waals surface area contributed by atoms with Gasteiger partial charge in [0, 0.05) is 30.5 Å². The van der Waals surface area contributed by atoms with E-state index >= 15 is 0 Å². The number of benzene rings is 2. The number of nitrogens with one attached hydrogen (secondary N) is 2. The van der Waals surface area contributed by atoms with Crippen molar-refractivity contribution in [1.82, 2.24) is 5.32 Å². The van der Waals surface area contributed by atoms with Crippen LogP contribution in [-0.4, -0.2) is 25.5 Å². The minimum Gasteiger partial charge on any atom is -0.380 e. The number of guanidine groups is 1. The lowest BCUT2D eigenvalue weighted by molar-refractivity contribution is 0.0946. The number of para-hydroxylation sites is 1. The fourth-order valence-electron chi connectivity index (χ4n) is 2.83. The minimum absolute atomic E-state index is 0.0216. The predicted molar refractivity (Wildman–Crippen MR) is 98.6 cm³/mol.